The van der Waals surface area contributed by atoms with E-state index in [0.29, 0.717) is 12.8 Å². The molecule has 0 saturated carbocycles. The van der Waals surface area contributed by atoms with Gasteiger partial charge in [-0.05, 0) is 33.6 Å². The van der Waals surface area contributed by atoms with Crippen LogP contribution in [0.2, 0.25) is 0 Å². The first-order chi connectivity index (χ1) is 7.76. The van der Waals surface area contributed by atoms with Crippen LogP contribution in [0.1, 0.15) is 40.0 Å². The van der Waals surface area contributed by atoms with Crippen LogP contribution in [0.5, 0.6) is 0 Å². The summed E-state index contributed by atoms with van der Waals surface area (Å²) in [6.45, 7) is 5.27. The number of hydrogen-bond acceptors (Lipinski definition) is 2. The Bertz CT molecular complexity index is 318. The number of hydrogen-bond donors (Lipinski definition) is 3. The van der Waals surface area contributed by atoms with Gasteiger partial charge in [0, 0.05) is 12.5 Å². The predicted molar refractivity (Wildman–Crippen MR) is 65.5 cm³/mol. The quantitative estimate of drug-likeness (QED) is 0.613. The fraction of sp³-hybridized carbons (Fsp3) is 0.667. The summed E-state index contributed by atoms with van der Waals surface area (Å²) in [5, 5.41) is 13.8. The van der Waals surface area contributed by atoms with Crippen molar-refractivity contribution < 1.29 is 14.7 Å². The highest BCUT2D eigenvalue weighted by molar-refractivity contribution is 5.75. The van der Waals surface area contributed by atoms with Crippen molar-refractivity contribution in [2.75, 3.05) is 0 Å². The number of urea groups is 1. The second kappa shape index (κ2) is 6.79. The van der Waals surface area contributed by atoms with Crippen LogP contribution in [0.3, 0.4) is 0 Å². The number of carbonyl (C=O) groups excluding carboxylic acids is 1. The normalized spacial score (nSPS) is 12.4. The summed E-state index contributed by atoms with van der Waals surface area (Å²) in [5.41, 5.74) is -0.690. The highest BCUT2D eigenvalue weighted by Crippen LogP contribution is 2.02. The molecule has 2 amide bonds. The maximum absolute atomic E-state index is 11.5. The Labute approximate surface area is 102 Å². The van der Waals surface area contributed by atoms with E-state index in [1.165, 1.54) is 0 Å². The van der Waals surface area contributed by atoms with Crippen LogP contribution >= 0.6 is 0 Å². The molecule has 0 aliphatic rings. The van der Waals surface area contributed by atoms with E-state index in [1.807, 2.05) is 6.92 Å². The van der Waals surface area contributed by atoms with Gasteiger partial charge < -0.3 is 15.7 Å². The SMILES string of the molecule is C#CC(C)(C)NC(=O)NC(C)CCCC(=O)O. The van der Waals surface area contributed by atoms with Crippen molar-refractivity contribution in [2.24, 2.45) is 0 Å². The van der Waals surface area contributed by atoms with Gasteiger partial charge in [0.15, 0.2) is 0 Å². The van der Waals surface area contributed by atoms with E-state index in [9.17, 15) is 9.59 Å². The first kappa shape index (κ1) is 15.3. The number of terminal acetylenes is 1. The summed E-state index contributed by atoms with van der Waals surface area (Å²) in [6, 6.07) is -0.418. The van der Waals surface area contributed by atoms with Crippen LogP contribution in [-0.4, -0.2) is 28.7 Å². The molecule has 0 aromatic carbocycles. The number of aliphatic carboxylic acids is 1. The molecular weight excluding hydrogens is 220 g/mol. The van der Waals surface area contributed by atoms with Gasteiger partial charge in [-0.1, -0.05) is 5.92 Å². The van der Waals surface area contributed by atoms with Crippen molar-refractivity contribution in [3.8, 4) is 12.3 Å². The second-order valence-electron chi connectivity index (χ2n) is 4.55. The lowest BCUT2D eigenvalue weighted by atomic mass is 10.1. The number of rotatable bonds is 6. The maximum Gasteiger partial charge on any atom is 0.316 e. The minimum absolute atomic E-state index is 0.0806. The van der Waals surface area contributed by atoms with E-state index >= 15 is 0 Å². The average Bonchev–Trinajstić information content (AvgIpc) is 2.15. The molecular formula is C12H20N2O3. The van der Waals surface area contributed by atoms with Crippen LogP contribution < -0.4 is 10.6 Å². The molecule has 1 unspecified atom stereocenters. The standard InChI is InChI=1S/C12H20N2O3/c1-5-12(3,4)14-11(17)13-9(2)7-6-8-10(15)16/h1,9H,6-8H2,2-4H3,(H,15,16)(H2,13,14,17). The topological polar surface area (TPSA) is 78.4 Å². The zero-order valence-electron chi connectivity index (χ0n) is 10.5. The highest BCUT2D eigenvalue weighted by atomic mass is 16.4. The summed E-state index contributed by atoms with van der Waals surface area (Å²) in [7, 11) is 0. The van der Waals surface area contributed by atoms with Crippen molar-refractivity contribution in [1.82, 2.24) is 10.6 Å². The molecule has 17 heavy (non-hydrogen) atoms. The van der Waals surface area contributed by atoms with Gasteiger partial charge in [0.2, 0.25) is 0 Å². The zero-order chi connectivity index (χ0) is 13.5. The lowest BCUT2D eigenvalue weighted by molar-refractivity contribution is -0.137. The van der Waals surface area contributed by atoms with Crippen LogP contribution in [-0.2, 0) is 4.79 Å². The number of nitrogens with one attached hydrogen (secondary N) is 2. The Morgan fingerprint density at radius 2 is 2.06 bits per heavy atom. The average molecular weight is 240 g/mol. The van der Waals surface area contributed by atoms with Crippen molar-refractivity contribution >= 4 is 12.0 Å². The molecule has 0 radical (unpaired) electrons. The lowest BCUT2D eigenvalue weighted by Gasteiger charge is -2.22. The monoisotopic (exact) mass is 240 g/mol. The fourth-order valence-corrected chi connectivity index (χ4v) is 1.21. The molecule has 0 aliphatic carbocycles. The summed E-state index contributed by atoms with van der Waals surface area (Å²) in [6.07, 6.45) is 6.51. The number of amides is 2. The summed E-state index contributed by atoms with van der Waals surface area (Å²) in [4.78, 5) is 21.8. The Hall–Kier alpha value is -1.70. The molecule has 0 heterocycles. The van der Waals surface area contributed by atoms with Crippen molar-refractivity contribution in [3.63, 3.8) is 0 Å². The van der Waals surface area contributed by atoms with E-state index in [-0.39, 0.29) is 18.5 Å². The van der Waals surface area contributed by atoms with Crippen LogP contribution in [0.25, 0.3) is 0 Å². The molecule has 5 nitrogen and oxygen atoms in total. The Morgan fingerprint density at radius 3 is 2.53 bits per heavy atom. The molecule has 0 fully saturated rings. The van der Waals surface area contributed by atoms with E-state index in [4.69, 9.17) is 11.5 Å². The highest BCUT2D eigenvalue weighted by Gasteiger charge is 2.17. The predicted octanol–water partition coefficient (Wildman–Crippen LogP) is 1.34. The molecule has 1 atom stereocenters. The Morgan fingerprint density at radius 1 is 1.47 bits per heavy atom. The van der Waals surface area contributed by atoms with E-state index in [1.54, 1.807) is 13.8 Å². The third-order valence-electron chi connectivity index (χ3n) is 2.19. The molecule has 0 bridgehead atoms. The third-order valence-corrected chi connectivity index (χ3v) is 2.19. The number of carbonyl (C=O) groups is 2. The number of carboxylic acids is 1. The van der Waals surface area contributed by atoms with E-state index in [2.05, 4.69) is 16.6 Å². The molecule has 3 N–H and O–H groups in total. The maximum atomic E-state index is 11.5. The van der Waals surface area contributed by atoms with Gasteiger partial charge >= 0.3 is 12.0 Å². The summed E-state index contributed by atoms with van der Waals surface area (Å²) < 4.78 is 0. The molecule has 96 valence electrons. The van der Waals surface area contributed by atoms with Gasteiger partial charge in [-0.3, -0.25) is 4.79 Å². The van der Waals surface area contributed by atoms with Crippen molar-refractivity contribution in [3.05, 3.63) is 0 Å². The largest absolute Gasteiger partial charge is 0.481 e. The van der Waals surface area contributed by atoms with Gasteiger partial charge in [-0.15, -0.1) is 6.42 Å². The lowest BCUT2D eigenvalue weighted by Crippen LogP contribution is -2.49. The smallest absolute Gasteiger partial charge is 0.316 e. The molecule has 0 aromatic rings. The third kappa shape index (κ3) is 8.14. The second-order valence-corrected chi connectivity index (χ2v) is 4.55. The van der Waals surface area contributed by atoms with Crippen LogP contribution in [0, 0.1) is 12.3 Å². The van der Waals surface area contributed by atoms with Crippen molar-refractivity contribution in [2.45, 2.75) is 51.6 Å². The first-order valence-electron chi connectivity index (χ1n) is 5.55. The molecule has 0 spiro atoms. The van der Waals surface area contributed by atoms with Crippen molar-refractivity contribution in [1.29, 1.82) is 0 Å². The van der Waals surface area contributed by atoms with Gasteiger partial charge in [-0.25, -0.2) is 4.79 Å². The zero-order valence-corrected chi connectivity index (χ0v) is 10.5. The molecule has 0 saturated heterocycles. The van der Waals surface area contributed by atoms with Gasteiger partial charge in [0.05, 0.1) is 5.54 Å². The van der Waals surface area contributed by atoms with Crippen LogP contribution in [0.4, 0.5) is 4.79 Å². The van der Waals surface area contributed by atoms with Gasteiger partial charge in [0.1, 0.15) is 0 Å². The molecule has 0 rings (SSSR count). The van der Waals surface area contributed by atoms with E-state index < -0.39 is 11.5 Å². The molecule has 0 aromatic heterocycles. The minimum atomic E-state index is -0.824. The van der Waals surface area contributed by atoms with Crippen LogP contribution in [0.15, 0.2) is 0 Å². The number of carboxylic acid groups (broad SMARTS) is 1. The van der Waals surface area contributed by atoms with E-state index in [0.717, 1.165) is 0 Å². The minimum Gasteiger partial charge on any atom is -0.481 e. The fourth-order valence-electron chi connectivity index (χ4n) is 1.21. The van der Waals surface area contributed by atoms with Gasteiger partial charge in [-0.2, -0.15) is 0 Å². The molecule has 0 aliphatic heterocycles. The Balaban J connectivity index is 3.89. The summed E-state index contributed by atoms with van der Waals surface area (Å²) in [5.74, 6) is 1.63. The molecule has 5 heteroatoms. The summed E-state index contributed by atoms with van der Waals surface area (Å²) >= 11 is 0. The Kier molecular flexibility index (Phi) is 6.11. The van der Waals surface area contributed by atoms with Gasteiger partial charge in [0.25, 0.3) is 0 Å². The first-order valence-corrected chi connectivity index (χ1v) is 5.55.